The SMILES string of the molecule is C=Ic1ccc(N2CCNCC2)cc1. The molecular formula is C11H15IN2. The Labute approximate surface area is 95.1 Å². The van der Waals surface area contributed by atoms with Crippen LogP contribution >= 0.6 is 20.7 Å². The number of rotatable bonds is 2. The van der Waals surface area contributed by atoms with E-state index >= 15 is 0 Å². The lowest BCUT2D eigenvalue weighted by molar-refractivity contribution is 0.589. The van der Waals surface area contributed by atoms with Gasteiger partial charge in [-0.2, -0.15) is 0 Å². The molecule has 0 amide bonds. The van der Waals surface area contributed by atoms with E-state index in [4.69, 9.17) is 0 Å². The molecule has 1 aliphatic rings. The van der Waals surface area contributed by atoms with Gasteiger partial charge in [0.25, 0.3) is 0 Å². The average molecular weight is 302 g/mol. The molecule has 0 spiro atoms. The predicted molar refractivity (Wildman–Crippen MR) is 71.4 cm³/mol. The summed E-state index contributed by atoms with van der Waals surface area (Å²) in [4.78, 5) is 2.43. The Morgan fingerprint density at radius 1 is 1.14 bits per heavy atom. The number of nitrogens with one attached hydrogen (secondary N) is 1. The van der Waals surface area contributed by atoms with Crippen LogP contribution in [0.3, 0.4) is 0 Å². The highest BCUT2D eigenvalue weighted by molar-refractivity contribution is 14.2. The zero-order chi connectivity index (χ0) is 9.80. The van der Waals surface area contributed by atoms with E-state index < -0.39 is 0 Å². The number of anilines is 1. The molecule has 1 aliphatic heterocycles. The number of hydrogen-bond donors (Lipinski definition) is 1. The van der Waals surface area contributed by atoms with Gasteiger partial charge >= 0.3 is 0 Å². The molecule has 1 heterocycles. The second-order valence-electron chi connectivity index (χ2n) is 3.35. The van der Waals surface area contributed by atoms with Crippen LogP contribution in [0.1, 0.15) is 0 Å². The first kappa shape index (κ1) is 10.1. The summed E-state index contributed by atoms with van der Waals surface area (Å²) in [5.41, 5.74) is 1.35. The van der Waals surface area contributed by atoms with Crippen molar-refractivity contribution in [2.24, 2.45) is 0 Å². The van der Waals surface area contributed by atoms with Gasteiger partial charge in [-0.25, -0.2) is 0 Å². The first-order valence-electron chi connectivity index (χ1n) is 4.84. The van der Waals surface area contributed by atoms with Crippen molar-refractivity contribution in [1.82, 2.24) is 5.32 Å². The van der Waals surface area contributed by atoms with Crippen LogP contribution in [0.5, 0.6) is 0 Å². The van der Waals surface area contributed by atoms with Crippen molar-refractivity contribution in [3.63, 3.8) is 0 Å². The maximum Gasteiger partial charge on any atom is 0.0367 e. The first-order chi connectivity index (χ1) is 6.90. The Hall–Kier alpha value is -0.420. The molecule has 0 aromatic heterocycles. The van der Waals surface area contributed by atoms with Gasteiger partial charge in [0.1, 0.15) is 0 Å². The topological polar surface area (TPSA) is 15.3 Å². The van der Waals surface area contributed by atoms with Crippen molar-refractivity contribution >= 4 is 30.9 Å². The van der Waals surface area contributed by atoms with E-state index in [-0.39, 0.29) is 20.7 Å². The second kappa shape index (κ2) is 4.89. The standard InChI is InChI=1S/C11H15IN2/c1-12-10-2-4-11(5-3-10)14-8-6-13-7-9-14/h2-5,13H,1,6-9H2. The summed E-state index contributed by atoms with van der Waals surface area (Å²) in [5.74, 6) is 0. The maximum atomic E-state index is 3.98. The van der Waals surface area contributed by atoms with Gasteiger partial charge in [-0.1, -0.05) is 25.2 Å². The summed E-state index contributed by atoms with van der Waals surface area (Å²) < 4.78 is 5.40. The monoisotopic (exact) mass is 302 g/mol. The minimum Gasteiger partial charge on any atom is -0.369 e. The molecule has 2 nitrogen and oxygen atoms in total. The molecule has 0 bridgehead atoms. The number of nitrogens with zero attached hydrogens (tertiary/aromatic N) is 1. The number of benzene rings is 1. The van der Waals surface area contributed by atoms with E-state index in [0.717, 1.165) is 26.2 Å². The Morgan fingerprint density at radius 3 is 2.36 bits per heavy atom. The lowest BCUT2D eigenvalue weighted by Crippen LogP contribution is -2.43. The van der Waals surface area contributed by atoms with Gasteiger partial charge in [0, 0.05) is 35.4 Å². The van der Waals surface area contributed by atoms with E-state index in [1.807, 2.05) is 0 Å². The van der Waals surface area contributed by atoms with Crippen molar-refractivity contribution in [3.8, 4) is 0 Å². The summed E-state index contributed by atoms with van der Waals surface area (Å²) in [6.07, 6.45) is 0. The lowest BCUT2D eigenvalue weighted by atomic mass is 10.2. The zero-order valence-electron chi connectivity index (χ0n) is 8.17. The molecule has 14 heavy (non-hydrogen) atoms. The van der Waals surface area contributed by atoms with Crippen molar-refractivity contribution < 1.29 is 0 Å². The highest BCUT2D eigenvalue weighted by atomic mass is 127. The van der Waals surface area contributed by atoms with Gasteiger partial charge in [-0.3, -0.25) is 0 Å². The van der Waals surface area contributed by atoms with E-state index in [1.165, 1.54) is 9.26 Å². The smallest absolute Gasteiger partial charge is 0.0367 e. The lowest BCUT2D eigenvalue weighted by Gasteiger charge is -2.29. The van der Waals surface area contributed by atoms with E-state index in [0.29, 0.717) is 0 Å². The summed E-state index contributed by atoms with van der Waals surface area (Å²) in [6.45, 7) is 4.45. The van der Waals surface area contributed by atoms with Crippen LogP contribution in [0.2, 0.25) is 0 Å². The Kier molecular flexibility index (Phi) is 3.53. The van der Waals surface area contributed by atoms with Crippen LogP contribution in [0.25, 0.3) is 0 Å². The quantitative estimate of drug-likeness (QED) is 0.836. The van der Waals surface area contributed by atoms with Crippen LogP contribution < -0.4 is 10.2 Å². The molecular weight excluding hydrogens is 287 g/mol. The first-order valence-corrected chi connectivity index (χ1v) is 7.45. The van der Waals surface area contributed by atoms with Crippen molar-refractivity contribution in [2.45, 2.75) is 0 Å². The zero-order valence-corrected chi connectivity index (χ0v) is 10.3. The highest BCUT2D eigenvalue weighted by Crippen LogP contribution is 2.17. The third-order valence-electron chi connectivity index (χ3n) is 2.46. The molecule has 1 fully saturated rings. The Morgan fingerprint density at radius 2 is 1.79 bits per heavy atom. The summed E-state index contributed by atoms with van der Waals surface area (Å²) in [7, 11) is 0. The molecule has 0 atom stereocenters. The highest BCUT2D eigenvalue weighted by Gasteiger charge is 2.09. The molecule has 76 valence electrons. The molecule has 1 aromatic carbocycles. The van der Waals surface area contributed by atoms with E-state index in [9.17, 15) is 0 Å². The molecule has 1 aromatic rings. The van der Waals surface area contributed by atoms with Crippen molar-refractivity contribution in [1.29, 1.82) is 0 Å². The summed E-state index contributed by atoms with van der Waals surface area (Å²) in [5, 5.41) is 3.36. The molecule has 0 radical (unpaired) electrons. The van der Waals surface area contributed by atoms with Crippen LogP contribution in [-0.4, -0.2) is 30.7 Å². The van der Waals surface area contributed by atoms with E-state index in [2.05, 4.69) is 39.0 Å². The fourth-order valence-electron chi connectivity index (χ4n) is 1.66. The largest absolute Gasteiger partial charge is 0.369 e. The Balaban J connectivity index is 2.11. The van der Waals surface area contributed by atoms with Crippen LogP contribution in [-0.2, 0) is 0 Å². The van der Waals surface area contributed by atoms with Crippen LogP contribution in [0.4, 0.5) is 5.69 Å². The minimum atomic E-state index is -0.00292. The molecule has 0 unspecified atom stereocenters. The molecule has 1 saturated heterocycles. The van der Waals surface area contributed by atoms with Crippen LogP contribution in [0, 0.1) is 3.57 Å². The number of halogens is 1. The third kappa shape index (κ3) is 2.33. The molecule has 2 rings (SSSR count). The fourth-order valence-corrected chi connectivity index (χ4v) is 2.53. The molecule has 0 aliphatic carbocycles. The third-order valence-corrected chi connectivity index (χ3v) is 4.06. The second-order valence-corrected chi connectivity index (χ2v) is 5.36. The average Bonchev–Trinajstić information content (AvgIpc) is 2.30. The van der Waals surface area contributed by atoms with Crippen LogP contribution in [0.15, 0.2) is 24.3 Å². The van der Waals surface area contributed by atoms with Gasteiger partial charge in [-0.05, 0) is 24.3 Å². The van der Waals surface area contributed by atoms with Gasteiger partial charge in [0.2, 0.25) is 0 Å². The van der Waals surface area contributed by atoms with Gasteiger partial charge in [0.05, 0.1) is 0 Å². The fraction of sp³-hybridized carbons (Fsp3) is 0.364. The van der Waals surface area contributed by atoms with E-state index in [1.54, 1.807) is 0 Å². The summed E-state index contributed by atoms with van der Waals surface area (Å²) >= 11 is -0.00292. The summed E-state index contributed by atoms with van der Waals surface area (Å²) in [6, 6.07) is 8.90. The predicted octanol–water partition coefficient (Wildman–Crippen LogP) is 1.67. The Bertz CT molecular complexity index is 302. The maximum absolute atomic E-state index is 3.98. The normalized spacial score (nSPS) is 17.0. The minimum absolute atomic E-state index is 0.00292. The van der Waals surface area contributed by atoms with Crippen molar-refractivity contribution in [2.75, 3.05) is 31.1 Å². The molecule has 1 N–H and O–H groups in total. The number of hydrogen-bond acceptors (Lipinski definition) is 2. The van der Waals surface area contributed by atoms with Gasteiger partial charge in [0.15, 0.2) is 0 Å². The number of piperazine rings is 1. The molecule has 0 saturated carbocycles. The van der Waals surface area contributed by atoms with Gasteiger partial charge in [-0.15, -0.1) is 0 Å². The molecule has 3 heteroatoms. The van der Waals surface area contributed by atoms with Crippen molar-refractivity contribution in [3.05, 3.63) is 27.8 Å². The van der Waals surface area contributed by atoms with Gasteiger partial charge < -0.3 is 10.2 Å².